The van der Waals surface area contributed by atoms with Crippen LogP contribution in [0.2, 0.25) is 0 Å². The molecule has 0 spiro atoms. The highest BCUT2D eigenvalue weighted by Gasteiger charge is 2.32. The van der Waals surface area contributed by atoms with E-state index in [4.69, 9.17) is 0 Å². The number of ketones is 1. The predicted octanol–water partition coefficient (Wildman–Crippen LogP) is 4.98. The van der Waals surface area contributed by atoms with Crippen molar-refractivity contribution in [2.24, 2.45) is 0 Å². The van der Waals surface area contributed by atoms with Crippen LogP contribution in [0.15, 0.2) is 59.5 Å². The molecule has 0 unspecified atom stereocenters. The molecule has 32 heavy (non-hydrogen) atoms. The smallest absolute Gasteiger partial charge is 0.246 e. The van der Waals surface area contributed by atoms with E-state index in [1.165, 1.54) is 49.4 Å². The Kier molecular flexibility index (Phi) is 6.75. The van der Waals surface area contributed by atoms with Crippen LogP contribution in [-0.2, 0) is 23.1 Å². The minimum absolute atomic E-state index is 0.0380. The normalized spacial score (nSPS) is 11.7. The van der Waals surface area contributed by atoms with E-state index in [0.717, 1.165) is 6.07 Å². The highest BCUT2D eigenvalue weighted by molar-refractivity contribution is 7.89. The first-order valence-corrected chi connectivity index (χ1v) is 10.6. The van der Waals surface area contributed by atoms with Gasteiger partial charge in [0.2, 0.25) is 10.0 Å². The van der Waals surface area contributed by atoms with E-state index in [9.17, 15) is 35.2 Å². The van der Waals surface area contributed by atoms with E-state index in [1.54, 1.807) is 0 Å². The molecule has 0 aromatic heterocycles. The first-order valence-electron chi connectivity index (χ1n) is 9.18. The summed E-state index contributed by atoms with van der Waals surface area (Å²) < 4.78 is 96.1. The van der Waals surface area contributed by atoms with Crippen LogP contribution in [0.3, 0.4) is 0 Å². The summed E-state index contributed by atoms with van der Waals surface area (Å²) in [4.78, 5) is 10.0. The van der Waals surface area contributed by atoms with Gasteiger partial charge in [0.15, 0.2) is 29.1 Å². The van der Waals surface area contributed by atoms with Gasteiger partial charge in [-0.2, -0.15) is 4.31 Å². The van der Waals surface area contributed by atoms with Crippen LogP contribution < -0.4 is 0 Å². The Morgan fingerprint density at radius 1 is 0.812 bits per heavy atom. The molecule has 0 saturated carbocycles. The number of sulfonamides is 1. The Hall–Kier alpha value is -3.11. The number of hydrogen-bond acceptors (Lipinski definition) is 3. The monoisotopic (exact) mass is 469 g/mol. The van der Waals surface area contributed by atoms with Crippen molar-refractivity contribution in [1.82, 2.24) is 4.31 Å². The summed E-state index contributed by atoms with van der Waals surface area (Å²) in [5.74, 6) is -9.39. The zero-order chi connectivity index (χ0) is 23.6. The van der Waals surface area contributed by atoms with Crippen LogP contribution in [0.25, 0.3) is 0 Å². The van der Waals surface area contributed by atoms with Gasteiger partial charge in [-0.1, -0.05) is 42.5 Å². The summed E-state index contributed by atoms with van der Waals surface area (Å²) in [6, 6.07) is 11.0. The van der Waals surface area contributed by atoms with Crippen LogP contribution in [0.4, 0.5) is 22.0 Å². The lowest BCUT2D eigenvalue weighted by Gasteiger charge is -2.23. The van der Waals surface area contributed by atoms with Gasteiger partial charge in [-0.3, -0.25) is 4.79 Å². The molecular formula is C22H16F5NO3S. The molecule has 10 heteroatoms. The Labute approximate surface area is 181 Å². The topological polar surface area (TPSA) is 54.5 Å². The lowest BCUT2D eigenvalue weighted by atomic mass is 10.1. The number of nitrogens with zero attached hydrogens (tertiary/aromatic N) is 1. The molecule has 0 saturated heterocycles. The van der Waals surface area contributed by atoms with Crippen LogP contribution >= 0.6 is 0 Å². The van der Waals surface area contributed by atoms with Gasteiger partial charge in [-0.25, -0.2) is 30.4 Å². The Balaban J connectivity index is 2.09. The van der Waals surface area contributed by atoms with Gasteiger partial charge in [0, 0.05) is 30.3 Å². The fourth-order valence-electron chi connectivity index (χ4n) is 2.97. The molecule has 0 aliphatic heterocycles. The molecule has 3 rings (SSSR count). The maximum Gasteiger partial charge on any atom is 0.246 e. The van der Waals surface area contributed by atoms with Gasteiger partial charge in [-0.05, 0) is 18.6 Å². The van der Waals surface area contributed by atoms with E-state index >= 15 is 0 Å². The third-order valence-electron chi connectivity index (χ3n) is 4.71. The largest absolute Gasteiger partial charge is 0.295 e. The van der Waals surface area contributed by atoms with Crippen molar-refractivity contribution in [3.05, 3.63) is 100 Å². The Bertz CT molecular complexity index is 1280. The quantitative estimate of drug-likeness (QED) is 0.212. The van der Waals surface area contributed by atoms with E-state index < -0.39 is 57.1 Å². The van der Waals surface area contributed by atoms with Crippen molar-refractivity contribution in [2.45, 2.75) is 24.9 Å². The second-order valence-electron chi connectivity index (χ2n) is 6.92. The summed E-state index contributed by atoms with van der Waals surface area (Å²) in [7, 11) is -4.96. The SMILES string of the molecule is CC(=O)c1ccc(CN(Cc2ccccc2F)S(=O)(=O)c2cc(F)c(F)c(F)c2F)cc1. The van der Waals surface area contributed by atoms with E-state index in [-0.39, 0.29) is 17.4 Å². The Morgan fingerprint density at radius 3 is 2.03 bits per heavy atom. The van der Waals surface area contributed by atoms with Crippen molar-refractivity contribution in [3.63, 3.8) is 0 Å². The zero-order valence-corrected chi connectivity index (χ0v) is 17.4. The number of rotatable bonds is 7. The first-order chi connectivity index (χ1) is 15.0. The van der Waals surface area contributed by atoms with Gasteiger partial charge >= 0.3 is 0 Å². The standard InChI is InChI=1S/C22H16F5NO3S/c1-13(29)15-8-6-14(7-9-15)11-28(12-16-4-2-3-5-17(16)23)32(30,31)19-10-18(24)20(25)22(27)21(19)26/h2-10H,11-12H2,1H3. The third kappa shape index (κ3) is 4.71. The molecular weight excluding hydrogens is 453 g/mol. The van der Waals surface area contributed by atoms with Gasteiger partial charge in [0.1, 0.15) is 10.7 Å². The number of carbonyl (C=O) groups is 1. The minimum Gasteiger partial charge on any atom is -0.295 e. The molecule has 168 valence electrons. The van der Waals surface area contributed by atoms with Crippen LogP contribution in [0.1, 0.15) is 28.4 Å². The van der Waals surface area contributed by atoms with Crippen LogP contribution in [-0.4, -0.2) is 18.5 Å². The third-order valence-corrected chi connectivity index (χ3v) is 6.50. The van der Waals surface area contributed by atoms with E-state index in [2.05, 4.69) is 0 Å². The molecule has 0 fully saturated rings. The lowest BCUT2D eigenvalue weighted by Crippen LogP contribution is -2.31. The molecule has 0 amide bonds. The molecule has 4 nitrogen and oxygen atoms in total. The predicted molar refractivity (Wildman–Crippen MR) is 106 cm³/mol. The molecule has 0 atom stereocenters. The summed E-state index contributed by atoms with van der Waals surface area (Å²) in [6.45, 7) is 0.281. The molecule has 0 aliphatic carbocycles. The fourth-order valence-corrected chi connectivity index (χ4v) is 4.44. The zero-order valence-electron chi connectivity index (χ0n) is 16.6. The van der Waals surface area contributed by atoms with E-state index in [0.29, 0.717) is 15.4 Å². The summed E-state index contributed by atoms with van der Waals surface area (Å²) in [5, 5.41) is 0. The second-order valence-corrected chi connectivity index (χ2v) is 8.82. The molecule has 0 aliphatic rings. The molecule has 3 aromatic rings. The number of halogens is 5. The maximum atomic E-state index is 14.3. The van der Waals surface area contributed by atoms with Crippen LogP contribution in [0.5, 0.6) is 0 Å². The molecule has 3 aromatic carbocycles. The minimum atomic E-state index is -4.96. The molecule has 0 N–H and O–H groups in total. The molecule has 0 bridgehead atoms. The van der Waals surface area contributed by atoms with Crippen molar-refractivity contribution in [1.29, 1.82) is 0 Å². The molecule has 0 heterocycles. The van der Waals surface area contributed by atoms with Gasteiger partial charge < -0.3 is 0 Å². The number of Topliss-reactive ketones (excluding diaryl/α,β-unsaturated/α-hetero) is 1. The Morgan fingerprint density at radius 2 is 1.44 bits per heavy atom. The van der Waals surface area contributed by atoms with Crippen molar-refractivity contribution < 1.29 is 35.2 Å². The second kappa shape index (κ2) is 9.17. The van der Waals surface area contributed by atoms with Gasteiger partial charge in [-0.15, -0.1) is 0 Å². The van der Waals surface area contributed by atoms with Gasteiger partial charge in [0.05, 0.1) is 0 Å². The van der Waals surface area contributed by atoms with Crippen LogP contribution in [0, 0.1) is 29.1 Å². The highest BCUT2D eigenvalue weighted by atomic mass is 32.2. The number of hydrogen-bond donors (Lipinski definition) is 0. The summed E-state index contributed by atoms with van der Waals surface area (Å²) >= 11 is 0. The van der Waals surface area contributed by atoms with E-state index in [1.807, 2.05) is 0 Å². The van der Waals surface area contributed by atoms with Gasteiger partial charge in [0.25, 0.3) is 0 Å². The molecule has 0 radical (unpaired) electrons. The fraction of sp³-hybridized carbons (Fsp3) is 0.136. The van der Waals surface area contributed by atoms with Crippen molar-refractivity contribution in [3.8, 4) is 0 Å². The van der Waals surface area contributed by atoms with Crippen molar-refractivity contribution in [2.75, 3.05) is 0 Å². The summed E-state index contributed by atoms with van der Waals surface area (Å²) in [5.41, 5.74) is 0.601. The first kappa shape index (κ1) is 23.6. The number of carbonyl (C=O) groups excluding carboxylic acids is 1. The average molecular weight is 469 g/mol. The van der Waals surface area contributed by atoms with Crippen molar-refractivity contribution >= 4 is 15.8 Å². The maximum absolute atomic E-state index is 14.3. The summed E-state index contributed by atoms with van der Waals surface area (Å²) in [6.07, 6.45) is 0. The lowest BCUT2D eigenvalue weighted by molar-refractivity contribution is 0.101. The highest BCUT2D eigenvalue weighted by Crippen LogP contribution is 2.28. The number of benzene rings is 3. The average Bonchev–Trinajstić information content (AvgIpc) is 2.76.